The van der Waals surface area contributed by atoms with Gasteiger partial charge in [-0.05, 0) is 75.8 Å². The number of ether oxygens (including phenoxy) is 1. The van der Waals surface area contributed by atoms with E-state index in [1.54, 1.807) is 40.9 Å². The Labute approximate surface area is 181 Å². The maximum atomic E-state index is 12.6. The topological polar surface area (TPSA) is 75.7 Å². The van der Waals surface area contributed by atoms with Gasteiger partial charge in [-0.2, -0.15) is 11.8 Å². The Kier molecular flexibility index (Phi) is 9.30. The van der Waals surface area contributed by atoms with Crippen molar-refractivity contribution < 1.29 is 19.1 Å². The third-order valence-electron chi connectivity index (χ3n) is 5.13. The Morgan fingerprint density at radius 3 is 2.41 bits per heavy atom. The number of amides is 2. The van der Waals surface area contributed by atoms with Crippen LogP contribution in [-0.2, 0) is 14.3 Å². The molecule has 8 heteroatoms. The van der Waals surface area contributed by atoms with Crippen LogP contribution in [0.25, 0.3) is 0 Å². The van der Waals surface area contributed by atoms with Gasteiger partial charge in [0, 0.05) is 22.7 Å². The number of nitrogens with one attached hydrogen (secondary N) is 1. The van der Waals surface area contributed by atoms with E-state index in [-0.39, 0.29) is 30.5 Å². The molecule has 1 saturated heterocycles. The van der Waals surface area contributed by atoms with Crippen molar-refractivity contribution in [3.63, 3.8) is 0 Å². The lowest BCUT2D eigenvalue weighted by Crippen LogP contribution is -2.50. The standard InChI is InChI=1S/C21H29ClN2O4S/c1-14-5-4-6-15(2)24(14)19(25)13-28-21(27)18(11-12-29-3)23-20(26)16-7-9-17(22)10-8-16/h7-10,14-15,18H,4-6,11-13H2,1-3H3,(H,23,26). The van der Waals surface area contributed by atoms with Crippen LogP contribution in [0.1, 0.15) is 49.9 Å². The molecule has 3 unspecified atom stereocenters. The molecule has 6 nitrogen and oxygen atoms in total. The second-order valence-corrected chi connectivity index (χ2v) is 8.77. The number of rotatable bonds is 8. The Bertz CT molecular complexity index is 703. The number of likely N-dealkylation sites (tertiary alicyclic amines) is 1. The summed E-state index contributed by atoms with van der Waals surface area (Å²) >= 11 is 7.42. The van der Waals surface area contributed by atoms with E-state index in [0.717, 1.165) is 19.3 Å². The zero-order valence-electron chi connectivity index (χ0n) is 17.2. The molecular formula is C21H29ClN2O4S. The lowest BCUT2D eigenvalue weighted by Gasteiger charge is -2.38. The molecule has 3 atom stereocenters. The number of nitrogens with zero attached hydrogens (tertiary/aromatic N) is 1. The first-order chi connectivity index (χ1) is 13.8. The largest absolute Gasteiger partial charge is 0.454 e. The SMILES string of the molecule is CSCCC(NC(=O)c1ccc(Cl)cc1)C(=O)OCC(=O)N1C(C)CCCC1C. The van der Waals surface area contributed by atoms with E-state index < -0.39 is 12.0 Å². The molecule has 1 aromatic rings. The van der Waals surface area contributed by atoms with Crippen LogP contribution in [0.5, 0.6) is 0 Å². The first kappa shape index (κ1) is 23.5. The van der Waals surface area contributed by atoms with Gasteiger partial charge in [0.2, 0.25) is 0 Å². The predicted molar refractivity (Wildman–Crippen MR) is 116 cm³/mol. The van der Waals surface area contributed by atoms with Crippen LogP contribution in [0.2, 0.25) is 5.02 Å². The van der Waals surface area contributed by atoms with Crippen molar-refractivity contribution in [1.82, 2.24) is 10.2 Å². The molecule has 160 valence electrons. The van der Waals surface area contributed by atoms with E-state index in [2.05, 4.69) is 5.32 Å². The number of carbonyl (C=O) groups excluding carboxylic acids is 3. The molecule has 0 radical (unpaired) electrons. The molecule has 1 aromatic carbocycles. The molecule has 0 bridgehead atoms. The van der Waals surface area contributed by atoms with Gasteiger partial charge in [-0.25, -0.2) is 4.79 Å². The molecular weight excluding hydrogens is 412 g/mol. The fourth-order valence-electron chi connectivity index (χ4n) is 3.55. The number of benzene rings is 1. The van der Waals surface area contributed by atoms with Gasteiger partial charge in [0.25, 0.3) is 11.8 Å². The lowest BCUT2D eigenvalue weighted by molar-refractivity contribution is -0.156. The summed E-state index contributed by atoms with van der Waals surface area (Å²) in [7, 11) is 0. The summed E-state index contributed by atoms with van der Waals surface area (Å²) in [5, 5.41) is 3.24. The third-order valence-corrected chi connectivity index (χ3v) is 6.02. The summed E-state index contributed by atoms with van der Waals surface area (Å²) in [4.78, 5) is 39.4. The van der Waals surface area contributed by atoms with Crippen molar-refractivity contribution in [2.24, 2.45) is 0 Å². The highest BCUT2D eigenvalue weighted by Crippen LogP contribution is 2.22. The van der Waals surface area contributed by atoms with E-state index in [0.29, 0.717) is 22.8 Å². The van der Waals surface area contributed by atoms with Crippen LogP contribution >= 0.6 is 23.4 Å². The minimum Gasteiger partial charge on any atom is -0.454 e. The van der Waals surface area contributed by atoms with Crippen LogP contribution in [0.3, 0.4) is 0 Å². The second kappa shape index (κ2) is 11.5. The molecule has 1 aliphatic rings. The van der Waals surface area contributed by atoms with Gasteiger partial charge in [0.15, 0.2) is 6.61 Å². The smallest absolute Gasteiger partial charge is 0.329 e. The zero-order valence-corrected chi connectivity index (χ0v) is 18.7. The van der Waals surface area contributed by atoms with Crippen molar-refractivity contribution in [1.29, 1.82) is 0 Å². The van der Waals surface area contributed by atoms with E-state index in [1.165, 1.54) is 0 Å². The van der Waals surface area contributed by atoms with E-state index in [4.69, 9.17) is 16.3 Å². The quantitative estimate of drug-likeness (QED) is 0.626. The fraction of sp³-hybridized carbons (Fsp3) is 0.571. The van der Waals surface area contributed by atoms with Crippen molar-refractivity contribution in [3.8, 4) is 0 Å². The van der Waals surface area contributed by atoms with Gasteiger partial charge in [-0.15, -0.1) is 0 Å². The Hall–Kier alpha value is -1.73. The predicted octanol–water partition coefficient (Wildman–Crippen LogP) is 3.52. The number of thioether (sulfide) groups is 1. The minimum absolute atomic E-state index is 0.141. The molecule has 2 rings (SSSR count). The fourth-order valence-corrected chi connectivity index (χ4v) is 4.15. The average Bonchev–Trinajstić information content (AvgIpc) is 2.69. The molecule has 0 aliphatic carbocycles. The summed E-state index contributed by atoms with van der Waals surface area (Å²) < 4.78 is 5.29. The summed E-state index contributed by atoms with van der Waals surface area (Å²) in [5.41, 5.74) is 0.406. The third kappa shape index (κ3) is 6.93. The Balaban J connectivity index is 1.96. The summed E-state index contributed by atoms with van der Waals surface area (Å²) in [6.45, 7) is 3.73. The van der Waals surface area contributed by atoms with Crippen molar-refractivity contribution >= 4 is 41.1 Å². The van der Waals surface area contributed by atoms with Gasteiger partial charge >= 0.3 is 5.97 Å². The molecule has 0 spiro atoms. The van der Waals surface area contributed by atoms with Crippen LogP contribution in [0.15, 0.2) is 24.3 Å². The monoisotopic (exact) mass is 440 g/mol. The van der Waals surface area contributed by atoms with Crippen LogP contribution in [-0.4, -0.2) is 59.4 Å². The second-order valence-electron chi connectivity index (χ2n) is 7.35. The van der Waals surface area contributed by atoms with Crippen LogP contribution < -0.4 is 5.32 Å². The Morgan fingerprint density at radius 1 is 1.21 bits per heavy atom. The minimum atomic E-state index is -0.811. The van der Waals surface area contributed by atoms with Crippen molar-refractivity contribution in [2.75, 3.05) is 18.6 Å². The van der Waals surface area contributed by atoms with E-state index in [1.807, 2.05) is 20.1 Å². The molecule has 0 aromatic heterocycles. The normalized spacial score (nSPS) is 20.1. The molecule has 1 N–H and O–H groups in total. The van der Waals surface area contributed by atoms with Crippen LogP contribution in [0, 0.1) is 0 Å². The number of esters is 1. The van der Waals surface area contributed by atoms with Gasteiger partial charge < -0.3 is 15.0 Å². The summed E-state index contributed by atoms with van der Waals surface area (Å²) in [5.74, 6) is -0.485. The van der Waals surface area contributed by atoms with Gasteiger partial charge in [-0.1, -0.05) is 11.6 Å². The molecule has 29 heavy (non-hydrogen) atoms. The Morgan fingerprint density at radius 2 is 1.83 bits per heavy atom. The van der Waals surface area contributed by atoms with E-state index >= 15 is 0 Å². The summed E-state index contributed by atoms with van der Waals surface area (Å²) in [6.07, 6.45) is 5.35. The molecule has 1 heterocycles. The maximum absolute atomic E-state index is 12.6. The van der Waals surface area contributed by atoms with Crippen molar-refractivity contribution in [2.45, 2.75) is 57.7 Å². The first-order valence-corrected chi connectivity index (χ1v) is 11.6. The highest BCUT2D eigenvalue weighted by Gasteiger charge is 2.30. The van der Waals surface area contributed by atoms with E-state index in [9.17, 15) is 14.4 Å². The number of hydrogen-bond acceptors (Lipinski definition) is 5. The molecule has 1 fully saturated rings. The summed E-state index contributed by atoms with van der Waals surface area (Å²) in [6, 6.07) is 5.89. The first-order valence-electron chi connectivity index (χ1n) is 9.86. The number of piperidine rings is 1. The number of carbonyl (C=O) groups is 3. The highest BCUT2D eigenvalue weighted by atomic mass is 35.5. The number of hydrogen-bond donors (Lipinski definition) is 1. The molecule has 2 amide bonds. The van der Waals surface area contributed by atoms with Crippen molar-refractivity contribution in [3.05, 3.63) is 34.9 Å². The zero-order chi connectivity index (χ0) is 21.4. The van der Waals surface area contributed by atoms with Gasteiger partial charge in [-0.3, -0.25) is 9.59 Å². The molecule has 1 aliphatic heterocycles. The molecule has 0 saturated carbocycles. The highest BCUT2D eigenvalue weighted by molar-refractivity contribution is 7.98. The average molecular weight is 441 g/mol. The van der Waals surface area contributed by atoms with Crippen LogP contribution in [0.4, 0.5) is 0 Å². The lowest BCUT2D eigenvalue weighted by atomic mass is 9.97. The van der Waals surface area contributed by atoms with Gasteiger partial charge in [0.1, 0.15) is 6.04 Å². The van der Waals surface area contributed by atoms with Gasteiger partial charge in [0.05, 0.1) is 0 Å². The maximum Gasteiger partial charge on any atom is 0.329 e. The number of halogens is 1.